The van der Waals surface area contributed by atoms with Gasteiger partial charge in [-0.1, -0.05) is 35.4 Å². The fourth-order valence-electron chi connectivity index (χ4n) is 2.15. The van der Waals surface area contributed by atoms with Crippen molar-refractivity contribution in [2.45, 2.75) is 25.4 Å². The fraction of sp³-hybridized carbons (Fsp3) is 0.364. The lowest BCUT2D eigenvalue weighted by molar-refractivity contribution is 0.399. The topological polar surface area (TPSA) is 55.6 Å². The number of nitrogens with zero attached hydrogens (tertiary/aromatic N) is 4. The third kappa shape index (κ3) is 1.44. The highest BCUT2D eigenvalue weighted by atomic mass is 15.6. The van der Waals surface area contributed by atoms with Crippen LogP contribution in [0.25, 0.3) is 0 Å². The number of hydrogen-bond acceptors (Lipinski definition) is 4. The maximum Gasteiger partial charge on any atom is 0.243 e. The Labute approximate surface area is 93.5 Å². The second-order valence-corrected chi connectivity index (χ2v) is 4.14. The molecular weight excluding hydrogens is 202 g/mol. The molecule has 0 radical (unpaired) electrons. The number of hydrogen-bond donors (Lipinski definition) is 1. The predicted molar refractivity (Wildman–Crippen MR) is 60.0 cm³/mol. The van der Waals surface area contributed by atoms with Crippen LogP contribution < -0.4 is 5.32 Å². The third-order valence-corrected chi connectivity index (χ3v) is 2.99. The molecule has 3 rings (SSSR count). The Bertz CT molecular complexity index is 478. The van der Waals surface area contributed by atoms with E-state index in [1.807, 2.05) is 10.7 Å². The van der Waals surface area contributed by atoms with Crippen molar-refractivity contribution < 1.29 is 0 Å². The average molecular weight is 215 g/mol. The van der Waals surface area contributed by atoms with E-state index in [4.69, 9.17) is 0 Å². The number of aromatic nitrogens is 4. The van der Waals surface area contributed by atoms with Crippen molar-refractivity contribution in [1.29, 1.82) is 0 Å². The highest BCUT2D eigenvalue weighted by molar-refractivity contribution is 5.33. The zero-order chi connectivity index (χ0) is 11.0. The van der Waals surface area contributed by atoms with E-state index in [-0.39, 0.29) is 0 Å². The lowest BCUT2D eigenvalue weighted by Crippen LogP contribution is -2.25. The summed E-state index contributed by atoms with van der Waals surface area (Å²) in [5, 5.41) is 15.0. The molecule has 1 aliphatic rings. The summed E-state index contributed by atoms with van der Waals surface area (Å²) in [5.41, 5.74) is 1.28. The lowest BCUT2D eigenvalue weighted by Gasteiger charge is -2.28. The first-order valence-corrected chi connectivity index (χ1v) is 5.44. The minimum absolute atomic E-state index is 0.301. The van der Waals surface area contributed by atoms with Gasteiger partial charge in [0, 0.05) is 0 Å². The van der Waals surface area contributed by atoms with Crippen molar-refractivity contribution in [3.05, 3.63) is 35.9 Å². The molecule has 0 amide bonds. The van der Waals surface area contributed by atoms with Gasteiger partial charge in [-0.3, -0.25) is 0 Å². The highest BCUT2D eigenvalue weighted by Crippen LogP contribution is 2.32. The normalized spacial score (nSPS) is 23.6. The van der Waals surface area contributed by atoms with E-state index in [9.17, 15) is 0 Å². The minimum atomic E-state index is 0.301. The summed E-state index contributed by atoms with van der Waals surface area (Å²) in [6, 6.07) is 11.0. The van der Waals surface area contributed by atoms with Crippen LogP contribution in [0.1, 0.15) is 31.0 Å². The van der Waals surface area contributed by atoms with Crippen molar-refractivity contribution in [3.63, 3.8) is 0 Å². The van der Waals surface area contributed by atoms with Gasteiger partial charge in [0.15, 0.2) is 0 Å². The summed E-state index contributed by atoms with van der Waals surface area (Å²) in [7, 11) is 0. The lowest BCUT2D eigenvalue weighted by atomic mass is 9.99. The molecule has 5 nitrogen and oxygen atoms in total. The molecule has 0 fully saturated rings. The molecule has 0 saturated carbocycles. The smallest absolute Gasteiger partial charge is 0.243 e. The van der Waals surface area contributed by atoms with Crippen LogP contribution in [0.3, 0.4) is 0 Å². The van der Waals surface area contributed by atoms with Gasteiger partial charge in [0.25, 0.3) is 0 Å². The van der Waals surface area contributed by atoms with E-state index in [2.05, 4.69) is 52.0 Å². The number of nitrogens with one attached hydrogen (secondary N) is 1. The molecule has 0 unspecified atom stereocenters. The summed E-state index contributed by atoms with van der Waals surface area (Å²) in [6.07, 6.45) is 1.00. The summed E-state index contributed by atoms with van der Waals surface area (Å²) in [5.74, 6) is 0.757. The van der Waals surface area contributed by atoms with Gasteiger partial charge in [0.2, 0.25) is 5.95 Å². The molecular formula is C11H13N5. The Morgan fingerprint density at radius 3 is 2.94 bits per heavy atom. The molecule has 0 aliphatic carbocycles. The molecule has 0 bridgehead atoms. The van der Waals surface area contributed by atoms with Crippen LogP contribution in [-0.4, -0.2) is 20.2 Å². The number of benzene rings is 1. The van der Waals surface area contributed by atoms with E-state index in [0.29, 0.717) is 12.1 Å². The molecule has 0 spiro atoms. The molecule has 1 aliphatic heterocycles. The molecule has 16 heavy (non-hydrogen) atoms. The van der Waals surface area contributed by atoms with Crippen LogP contribution >= 0.6 is 0 Å². The van der Waals surface area contributed by atoms with Gasteiger partial charge in [0.05, 0.1) is 12.1 Å². The standard InChI is InChI=1S/C11H13N5/c1-8-7-10(9-5-3-2-4-6-9)12-11-13-14-15-16(8)11/h2-6,8,10H,7H2,1H3,(H,12,13,15)/t8-,10-/m0/s1. The third-order valence-electron chi connectivity index (χ3n) is 2.99. The summed E-state index contributed by atoms with van der Waals surface area (Å²) < 4.78 is 1.83. The average Bonchev–Trinajstić information content (AvgIpc) is 2.79. The largest absolute Gasteiger partial charge is 0.346 e. The zero-order valence-electron chi connectivity index (χ0n) is 9.04. The van der Waals surface area contributed by atoms with Crippen LogP contribution in [0.2, 0.25) is 0 Å². The number of fused-ring (bicyclic) bond motifs is 1. The number of tetrazole rings is 1. The maximum absolute atomic E-state index is 3.97. The van der Waals surface area contributed by atoms with Crippen molar-refractivity contribution in [2.75, 3.05) is 5.32 Å². The van der Waals surface area contributed by atoms with Crippen LogP contribution in [0.15, 0.2) is 30.3 Å². The number of rotatable bonds is 1. The molecule has 82 valence electrons. The van der Waals surface area contributed by atoms with E-state index in [1.165, 1.54) is 5.56 Å². The molecule has 0 saturated heterocycles. The molecule has 5 heteroatoms. The molecule has 2 atom stereocenters. The van der Waals surface area contributed by atoms with Crippen molar-refractivity contribution in [1.82, 2.24) is 20.2 Å². The molecule has 1 aromatic heterocycles. The van der Waals surface area contributed by atoms with Gasteiger partial charge in [-0.2, -0.15) is 0 Å². The maximum atomic E-state index is 3.97. The van der Waals surface area contributed by atoms with Crippen LogP contribution in [-0.2, 0) is 0 Å². The second kappa shape index (κ2) is 3.59. The van der Waals surface area contributed by atoms with E-state index >= 15 is 0 Å². The monoisotopic (exact) mass is 215 g/mol. The first-order valence-electron chi connectivity index (χ1n) is 5.44. The van der Waals surface area contributed by atoms with Crippen molar-refractivity contribution in [3.8, 4) is 0 Å². The minimum Gasteiger partial charge on any atom is -0.346 e. The Hall–Kier alpha value is -1.91. The van der Waals surface area contributed by atoms with Gasteiger partial charge < -0.3 is 5.32 Å². The Balaban J connectivity index is 1.92. The summed E-state index contributed by atoms with van der Waals surface area (Å²) in [4.78, 5) is 0. The van der Waals surface area contributed by atoms with Crippen molar-refractivity contribution >= 4 is 5.95 Å². The second-order valence-electron chi connectivity index (χ2n) is 4.14. The molecule has 2 aromatic rings. The van der Waals surface area contributed by atoms with E-state index in [0.717, 1.165) is 12.4 Å². The van der Waals surface area contributed by atoms with Crippen LogP contribution in [0, 0.1) is 0 Å². The van der Waals surface area contributed by atoms with Gasteiger partial charge in [-0.25, -0.2) is 4.68 Å². The first kappa shape index (κ1) is 9.33. The zero-order valence-corrected chi connectivity index (χ0v) is 9.04. The Morgan fingerprint density at radius 2 is 2.12 bits per heavy atom. The predicted octanol–water partition coefficient (Wildman–Crippen LogP) is 1.79. The van der Waals surface area contributed by atoms with Gasteiger partial charge in [-0.15, -0.1) is 0 Å². The van der Waals surface area contributed by atoms with Gasteiger partial charge >= 0.3 is 0 Å². The quantitative estimate of drug-likeness (QED) is 0.788. The molecule has 1 N–H and O–H groups in total. The Kier molecular flexibility index (Phi) is 2.09. The van der Waals surface area contributed by atoms with Crippen LogP contribution in [0.5, 0.6) is 0 Å². The SMILES string of the molecule is C[C@H]1C[C@@H](c2ccccc2)Nc2nnnn21. The molecule has 1 aromatic carbocycles. The number of anilines is 1. The fourth-order valence-corrected chi connectivity index (χ4v) is 2.15. The van der Waals surface area contributed by atoms with Gasteiger partial charge in [-0.05, 0) is 29.3 Å². The summed E-state index contributed by atoms with van der Waals surface area (Å²) in [6.45, 7) is 2.14. The summed E-state index contributed by atoms with van der Waals surface area (Å²) >= 11 is 0. The first-order chi connectivity index (χ1) is 7.84. The van der Waals surface area contributed by atoms with E-state index < -0.39 is 0 Å². The Morgan fingerprint density at radius 1 is 1.31 bits per heavy atom. The van der Waals surface area contributed by atoms with E-state index in [1.54, 1.807) is 0 Å². The van der Waals surface area contributed by atoms with Crippen molar-refractivity contribution in [2.24, 2.45) is 0 Å². The molecule has 2 heterocycles. The van der Waals surface area contributed by atoms with Crippen LogP contribution in [0.4, 0.5) is 5.95 Å². The van der Waals surface area contributed by atoms with Gasteiger partial charge in [0.1, 0.15) is 0 Å². The highest BCUT2D eigenvalue weighted by Gasteiger charge is 2.26.